The minimum absolute atomic E-state index is 0.127. The molecule has 27 heavy (non-hydrogen) atoms. The molecule has 2 fully saturated rings. The molecule has 0 saturated carbocycles. The summed E-state index contributed by atoms with van der Waals surface area (Å²) in [6.45, 7) is 0. The molecule has 0 bridgehead atoms. The number of carboxylic acid groups (broad SMARTS) is 2. The van der Waals surface area contributed by atoms with Gasteiger partial charge in [-0.25, -0.2) is 4.79 Å². The van der Waals surface area contributed by atoms with Crippen molar-refractivity contribution in [3.8, 4) is 0 Å². The Morgan fingerprint density at radius 1 is 1.22 bits per heavy atom. The van der Waals surface area contributed by atoms with Crippen LogP contribution in [0.3, 0.4) is 0 Å². The minimum atomic E-state index is -1.00. The lowest BCUT2D eigenvalue weighted by Gasteiger charge is -2.29. The number of hydrogen-bond donors (Lipinski definition) is 3. The molecule has 1 aromatic carbocycles. The lowest BCUT2D eigenvalue weighted by Crippen LogP contribution is -2.55. The van der Waals surface area contributed by atoms with Gasteiger partial charge < -0.3 is 15.1 Å². The van der Waals surface area contributed by atoms with Crippen molar-refractivity contribution in [2.75, 3.05) is 5.75 Å². The fraction of sp³-hybridized carbons (Fsp3) is 0.526. The third-order valence-corrected chi connectivity index (χ3v) is 6.49. The Morgan fingerprint density at radius 3 is 2.63 bits per heavy atom. The zero-order valence-electron chi connectivity index (χ0n) is 14.9. The number of carbonyl (C=O) groups is 3. The molecule has 8 heteroatoms. The number of nitrogens with zero attached hydrogens (tertiary/aromatic N) is 1. The van der Waals surface area contributed by atoms with Crippen LogP contribution in [-0.2, 0) is 20.8 Å². The molecular weight excluding hydrogens is 368 g/mol. The third-order valence-electron chi connectivity index (χ3n) is 5.14. The molecule has 1 amide bonds. The van der Waals surface area contributed by atoms with Crippen molar-refractivity contribution in [1.82, 2.24) is 10.2 Å². The Hall–Kier alpha value is -2.06. The van der Waals surface area contributed by atoms with Gasteiger partial charge in [-0.3, -0.25) is 14.9 Å². The van der Waals surface area contributed by atoms with Crippen LogP contribution in [0.5, 0.6) is 0 Å². The molecule has 4 atom stereocenters. The van der Waals surface area contributed by atoms with Gasteiger partial charge in [-0.05, 0) is 37.7 Å². The lowest BCUT2D eigenvalue weighted by atomic mass is 10.0. The second kappa shape index (κ2) is 8.75. The molecule has 0 aliphatic carbocycles. The van der Waals surface area contributed by atoms with E-state index in [0.717, 1.165) is 18.4 Å². The van der Waals surface area contributed by atoms with E-state index in [9.17, 15) is 24.6 Å². The maximum absolute atomic E-state index is 13.0. The topological polar surface area (TPSA) is 107 Å². The van der Waals surface area contributed by atoms with Crippen molar-refractivity contribution >= 4 is 29.6 Å². The summed E-state index contributed by atoms with van der Waals surface area (Å²) in [6, 6.07) is 7.27. The average Bonchev–Trinajstić information content (AvgIpc) is 3.01. The highest BCUT2D eigenvalue weighted by Crippen LogP contribution is 2.35. The number of carbonyl (C=O) groups excluding carboxylic acids is 1. The standard InChI is InChI=1S/C19H24N2O5S/c22-17-13(7-4-8-16-21(17)15(11-27-16)19(25)26)20-14(18(23)24)10-9-12-5-2-1-3-6-12/h1-3,5-6,13-16,20H,4,7-11H2,(H,23,24)(H,25,26)/t13-,14?,15-,16?/m0/s1. The van der Waals surface area contributed by atoms with Gasteiger partial charge >= 0.3 is 11.9 Å². The quantitative estimate of drug-likeness (QED) is 0.646. The van der Waals surface area contributed by atoms with Crippen molar-refractivity contribution in [2.24, 2.45) is 0 Å². The second-order valence-corrected chi connectivity index (χ2v) is 8.16. The molecule has 3 rings (SSSR count). The molecule has 0 spiro atoms. The van der Waals surface area contributed by atoms with Crippen LogP contribution in [0.4, 0.5) is 0 Å². The number of aliphatic carboxylic acids is 2. The molecule has 2 unspecified atom stereocenters. The maximum atomic E-state index is 13.0. The Morgan fingerprint density at radius 2 is 1.96 bits per heavy atom. The van der Waals surface area contributed by atoms with Crippen LogP contribution in [0, 0.1) is 0 Å². The summed E-state index contributed by atoms with van der Waals surface area (Å²) in [5.41, 5.74) is 1.04. The minimum Gasteiger partial charge on any atom is -0.480 e. The largest absolute Gasteiger partial charge is 0.480 e. The summed E-state index contributed by atoms with van der Waals surface area (Å²) in [5.74, 6) is -1.90. The van der Waals surface area contributed by atoms with E-state index in [0.29, 0.717) is 25.0 Å². The van der Waals surface area contributed by atoms with E-state index in [1.54, 1.807) is 0 Å². The smallest absolute Gasteiger partial charge is 0.327 e. The highest BCUT2D eigenvalue weighted by molar-refractivity contribution is 8.00. The predicted molar refractivity (Wildman–Crippen MR) is 101 cm³/mol. The van der Waals surface area contributed by atoms with Gasteiger partial charge in [0, 0.05) is 5.75 Å². The number of thioether (sulfide) groups is 1. The first-order valence-corrected chi connectivity index (χ1v) is 10.2. The number of benzene rings is 1. The molecule has 146 valence electrons. The van der Waals surface area contributed by atoms with Gasteiger partial charge in [-0.1, -0.05) is 30.3 Å². The van der Waals surface area contributed by atoms with E-state index in [4.69, 9.17) is 0 Å². The molecule has 3 N–H and O–H groups in total. The van der Waals surface area contributed by atoms with E-state index >= 15 is 0 Å². The zero-order valence-corrected chi connectivity index (χ0v) is 15.7. The summed E-state index contributed by atoms with van der Waals surface area (Å²) >= 11 is 1.49. The summed E-state index contributed by atoms with van der Waals surface area (Å²) < 4.78 is 0. The van der Waals surface area contributed by atoms with Gasteiger partial charge in [0.25, 0.3) is 0 Å². The number of rotatable bonds is 7. The van der Waals surface area contributed by atoms with Crippen molar-refractivity contribution in [1.29, 1.82) is 0 Å². The highest BCUT2D eigenvalue weighted by Gasteiger charge is 2.45. The van der Waals surface area contributed by atoms with E-state index in [1.165, 1.54) is 16.7 Å². The van der Waals surface area contributed by atoms with Crippen LogP contribution in [0.1, 0.15) is 31.2 Å². The van der Waals surface area contributed by atoms with E-state index in [1.807, 2.05) is 30.3 Å². The molecule has 1 aromatic rings. The summed E-state index contributed by atoms with van der Waals surface area (Å²) in [6.07, 6.45) is 2.97. The van der Waals surface area contributed by atoms with Crippen LogP contribution < -0.4 is 5.32 Å². The van der Waals surface area contributed by atoms with Gasteiger partial charge in [0.1, 0.15) is 12.1 Å². The maximum Gasteiger partial charge on any atom is 0.327 e. The predicted octanol–water partition coefficient (Wildman–Crippen LogP) is 1.57. The molecule has 2 aliphatic rings. The van der Waals surface area contributed by atoms with Crippen LogP contribution >= 0.6 is 11.8 Å². The monoisotopic (exact) mass is 392 g/mol. The Labute approximate surface area is 162 Å². The number of amides is 1. The van der Waals surface area contributed by atoms with Crippen molar-refractivity contribution in [2.45, 2.75) is 55.6 Å². The number of aryl methyl sites for hydroxylation is 1. The molecule has 0 aromatic heterocycles. The molecular formula is C19H24N2O5S. The van der Waals surface area contributed by atoms with Gasteiger partial charge in [0.15, 0.2) is 0 Å². The number of nitrogens with one attached hydrogen (secondary N) is 1. The number of fused-ring (bicyclic) bond motifs is 1. The Bertz CT molecular complexity index is 699. The fourth-order valence-corrected chi connectivity index (χ4v) is 5.16. The van der Waals surface area contributed by atoms with Gasteiger partial charge in [-0.2, -0.15) is 0 Å². The van der Waals surface area contributed by atoms with Crippen LogP contribution in [0.15, 0.2) is 30.3 Å². The first-order chi connectivity index (χ1) is 13.0. The van der Waals surface area contributed by atoms with E-state index in [-0.39, 0.29) is 11.3 Å². The van der Waals surface area contributed by atoms with Crippen LogP contribution in [-0.4, -0.2) is 62.2 Å². The summed E-state index contributed by atoms with van der Waals surface area (Å²) in [5, 5.41) is 21.9. The van der Waals surface area contributed by atoms with Crippen molar-refractivity contribution in [3.05, 3.63) is 35.9 Å². The summed E-state index contributed by atoms with van der Waals surface area (Å²) in [7, 11) is 0. The van der Waals surface area contributed by atoms with Crippen molar-refractivity contribution < 1.29 is 24.6 Å². The van der Waals surface area contributed by atoms with Gasteiger partial charge in [0.2, 0.25) is 5.91 Å². The molecule has 7 nitrogen and oxygen atoms in total. The van der Waals surface area contributed by atoms with E-state index < -0.39 is 30.1 Å². The SMILES string of the molecule is O=C(O)C(CCc1ccccc1)N[C@H]1CCCC2SC[C@@H](C(=O)O)N2C1=O. The zero-order chi connectivity index (χ0) is 19.4. The normalized spacial score (nSPS) is 26.3. The second-order valence-electron chi connectivity index (χ2n) is 6.95. The first-order valence-electron chi connectivity index (χ1n) is 9.16. The number of carboxylic acids is 2. The van der Waals surface area contributed by atoms with Crippen molar-refractivity contribution in [3.63, 3.8) is 0 Å². The third kappa shape index (κ3) is 4.62. The Balaban J connectivity index is 1.68. The van der Waals surface area contributed by atoms with Crippen LogP contribution in [0.25, 0.3) is 0 Å². The number of hydrogen-bond acceptors (Lipinski definition) is 5. The van der Waals surface area contributed by atoms with Gasteiger partial charge in [0.05, 0.1) is 11.4 Å². The molecule has 0 radical (unpaired) electrons. The molecule has 2 saturated heterocycles. The highest BCUT2D eigenvalue weighted by atomic mass is 32.2. The molecule has 2 heterocycles. The lowest BCUT2D eigenvalue weighted by molar-refractivity contribution is -0.150. The first kappa shape index (κ1) is 19.7. The van der Waals surface area contributed by atoms with Gasteiger partial charge in [-0.15, -0.1) is 11.8 Å². The molecule has 2 aliphatic heterocycles. The fourth-order valence-electron chi connectivity index (χ4n) is 3.70. The van der Waals surface area contributed by atoms with E-state index in [2.05, 4.69) is 5.32 Å². The Kier molecular flexibility index (Phi) is 6.38. The summed E-state index contributed by atoms with van der Waals surface area (Å²) in [4.78, 5) is 37.6. The average molecular weight is 392 g/mol. The van der Waals surface area contributed by atoms with Crippen LogP contribution in [0.2, 0.25) is 0 Å².